The number of hydrogen-bond donors (Lipinski definition) is 1. The number of aryl methyl sites for hydroxylation is 1. The Morgan fingerprint density at radius 1 is 1.47 bits per heavy atom. The van der Waals surface area contributed by atoms with E-state index in [0.29, 0.717) is 22.8 Å². The van der Waals surface area contributed by atoms with Crippen molar-refractivity contribution in [3.05, 3.63) is 23.0 Å². The van der Waals surface area contributed by atoms with E-state index < -0.39 is 0 Å². The van der Waals surface area contributed by atoms with E-state index in [1.54, 1.807) is 4.68 Å². The van der Waals surface area contributed by atoms with Crippen molar-refractivity contribution in [1.82, 2.24) is 19.7 Å². The highest BCUT2D eigenvalue weighted by molar-refractivity contribution is 6.31. The van der Waals surface area contributed by atoms with Crippen molar-refractivity contribution < 1.29 is 4.74 Å². The van der Waals surface area contributed by atoms with Gasteiger partial charge in [-0.1, -0.05) is 11.6 Å². The maximum atomic E-state index is 5.89. The average Bonchev–Trinajstić information content (AvgIpc) is 3.18. The monoisotopic (exact) mass is 279 g/mol. The summed E-state index contributed by atoms with van der Waals surface area (Å²) < 4.78 is 6.85. The lowest BCUT2D eigenvalue weighted by Crippen LogP contribution is -2.03. The third-order valence-corrected chi connectivity index (χ3v) is 3.30. The van der Waals surface area contributed by atoms with Gasteiger partial charge in [-0.05, 0) is 12.8 Å². The predicted octanol–water partition coefficient (Wildman–Crippen LogP) is 2.49. The number of halogens is 1. The molecule has 0 spiro atoms. The molecule has 7 heteroatoms. The summed E-state index contributed by atoms with van der Waals surface area (Å²) in [6, 6.07) is 2.03. The van der Waals surface area contributed by atoms with Crippen LogP contribution in [0.25, 0.3) is 0 Å². The van der Waals surface area contributed by atoms with Crippen LogP contribution >= 0.6 is 11.6 Å². The van der Waals surface area contributed by atoms with Crippen molar-refractivity contribution in [3.8, 4) is 5.88 Å². The van der Waals surface area contributed by atoms with E-state index in [9.17, 15) is 0 Å². The number of nitrogens with one attached hydrogen (secondary N) is 1. The Labute approximate surface area is 115 Å². The van der Waals surface area contributed by atoms with E-state index in [1.165, 1.54) is 26.1 Å². The van der Waals surface area contributed by atoms with Gasteiger partial charge in [0.05, 0.1) is 19.0 Å². The fraction of sp³-hybridized carbons (Fsp3) is 0.417. The minimum Gasteiger partial charge on any atom is -0.480 e. The fourth-order valence-electron chi connectivity index (χ4n) is 1.85. The van der Waals surface area contributed by atoms with Crippen LogP contribution in [-0.2, 0) is 7.05 Å². The molecule has 0 saturated heterocycles. The molecule has 1 aliphatic carbocycles. The van der Waals surface area contributed by atoms with Crippen LogP contribution < -0.4 is 10.1 Å². The molecule has 0 bridgehead atoms. The van der Waals surface area contributed by atoms with E-state index >= 15 is 0 Å². The highest BCUT2D eigenvalue weighted by atomic mass is 35.5. The van der Waals surface area contributed by atoms with Gasteiger partial charge in [-0.3, -0.25) is 4.68 Å². The molecule has 2 aromatic heterocycles. The van der Waals surface area contributed by atoms with Crippen molar-refractivity contribution in [2.24, 2.45) is 7.05 Å². The first-order valence-corrected chi connectivity index (χ1v) is 6.42. The molecule has 0 unspecified atom stereocenters. The summed E-state index contributed by atoms with van der Waals surface area (Å²) in [5.41, 5.74) is 1.12. The van der Waals surface area contributed by atoms with E-state index in [4.69, 9.17) is 16.3 Å². The smallest absolute Gasteiger partial charge is 0.237 e. The summed E-state index contributed by atoms with van der Waals surface area (Å²) in [5, 5.41) is 7.97. The molecule has 2 heterocycles. The van der Waals surface area contributed by atoms with Gasteiger partial charge in [0.1, 0.15) is 10.8 Å². The third-order valence-electron chi connectivity index (χ3n) is 3.04. The Morgan fingerprint density at radius 3 is 2.95 bits per heavy atom. The zero-order valence-electron chi connectivity index (χ0n) is 10.7. The average molecular weight is 280 g/mol. The van der Waals surface area contributed by atoms with Gasteiger partial charge in [0.2, 0.25) is 11.8 Å². The maximum Gasteiger partial charge on any atom is 0.237 e. The normalized spacial score (nSPS) is 14.5. The van der Waals surface area contributed by atoms with E-state index in [2.05, 4.69) is 20.4 Å². The molecule has 19 heavy (non-hydrogen) atoms. The molecular formula is C12H14ClN5O. The topological polar surface area (TPSA) is 64.9 Å². The molecule has 0 atom stereocenters. The van der Waals surface area contributed by atoms with Crippen LogP contribution in [0, 0.1) is 0 Å². The van der Waals surface area contributed by atoms with Crippen LogP contribution in [0.15, 0.2) is 12.3 Å². The van der Waals surface area contributed by atoms with Gasteiger partial charge in [0.15, 0.2) is 0 Å². The minimum atomic E-state index is 0.351. The Bertz CT molecular complexity index is 608. The second kappa shape index (κ2) is 4.70. The van der Waals surface area contributed by atoms with Crippen molar-refractivity contribution in [2.75, 3.05) is 12.4 Å². The Balaban J connectivity index is 1.84. The minimum absolute atomic E-state index is 0.351. The fourth-order valence-corrected chi connectivity index (χ4v) is 2.02. The lowest BCUT2D eigenvalue weighted by atomic mass is 10.3. The second-order valence-electron chi connectivity index (χ2n) is 4.53. The number of ether oxygens (including phenoxy) is 1. The van der Waals surface area contributed by atoms with Crippen LogP contribution in [0.1, 0.15) is 24.5 Å². The highest BCUT2D eigenvalue weighted by Crippen LogP contribution is 2.40. The number of methoxy groups -OCH3 is 1. The maximum absolute atomic E-state index is 5.89. The summed E-state index contributed by atoms with van der Waals surface area (Å²) in [6.45, 7) is 0. The highest BCUT2D eigenvalue weighted by Gasteiger charge is 2.27. The molecule has 1 saturated carbocycles. The number of aromatic nitrogens is 4. The molecule has 1 aliphatic rings. The summed E-state index contributed by atoms with van der Waals surface area (Å²) in [7, 11) is 3.41. The summed E-state index contributed by atoms with van der Waals surface area (Å²) >= 11 is 5.89. The second-order valence-corrected chi connectivity index (χ2v) is 4.94. The van der Waals surface area contributed by atoms with Gasteiger partial charge in [0.25, 0.3) is 0 Å². The summed E-state index contributed by atoms with van der Waals surface area (Å²) in [5.74, 6) is 2.25. The molecule has 2 aromatic rings. The first kappa shape index (κ1) is 12.2. The summed E-state index contributed by atoms with van der Waals surface area (Å²) in [6.07, 6.45) is 3.96. The predicted molar refractivity (Wildman–Crippen MR) is 72.1 cm³/mol. The largest absolute Gasteiger partial charge is 0.480 e. The van der Waals surface area contributed by atoms with Crippen molar-refractivity contribution in [1.29, 1.82) is 0 Å². The molecule has 6 nitrogen and oxygen atoms in total. The summed E-state index contributed by atoms with van der Waals surface area (Å²) in [4.78, 5) is 8.30. The van der Waals surface area contributed by atoms with Gasteiger partial charge in [0, 0.05) is 19.0 Å². The lowest BCUT2D eigenvalue weighted by molar-refractivity contribution is 0.398. The lowest BCUT2D eigenvalue weighted by Gasteiger charge is -2.06. The van der Waals surface area contributed by atoms with E-state index in [0.717, 1.165) is 11.5 Å². The van der Waals surface area contributed by atoms with E-state index in [-0.39, 0.29) is 0 Å². The van der Waals surface area contributed by atoms with Crippen LogP contribution in [0.3, 0.4) is 0 Å². The van der Waals surface area contributed by atoms with Crippen molar-refractivity contribution >= 4 is 23.4 Å². The Hall–Kier alpha value is -1.82. The molecule has 0 amide bonds. The standard InChI is InChI=1S/C12H14ClN5O/c1-18-10(5-9(17-18)7-3-4-7)15-12-14-6-8(13)11(16-12)19-2/h5-7H,3-4H2,1-2H3,(H,14,15,16). The quantitative estimate of drug-likeness (QED) is 0.931. The number of rotatable bonds is 4. The first-order chi connectivity index (χ1) is 9.17. The first-order valence-electron chi connectivity index (χ1n) is 6.05. The van der Waals surface area contributed by atoms with E-state index in [1.807, 2.05) is 13.1 Å². The van der Waals surface area contributed by atoms with Crippen LogP contribution in [-0.4, -0.2) is 26.9 Å². The van der Waals surface area contributed by atoms with Gasteiger partial charge >= 0.3 is 0 Å². The number of anilines is 2. The molecule has 0 aromatic carbocycles. The third kappa shape index (κ3) is 2.49. The molecule has 100 valence electrons. The SMILES string of the molecule is COc1nc(Nc2cc(C3CC3)nn2C)ncc1Cl. The molecule has 0 radical (unpaired) electrons. The van der Waals surface area contributed by atoms with Crippen LogP contribution in [0.5, 0.6) is 5.88 Å². The molecular weight excluding hydrogens is 266 g/mol. The zero-order chi connectivity index (χ0) is 13.4. The van der Waals surface area contributed by atoms with Crippen molar-refractivity contribution in [3.63, 3.8) is 0 Å². The van der Waals surface area contributed by atoms with Gasteiger partial charge in [-0.2, -0.15) is 10.1 Å². The van der Waals surface area contributed by atoms with Gasteiger partial charge in [-0.15, -0.1) is 0 Å². The van der Waals surface area contributed by atoms with Crippen LogP contribution in [0.2, 0.25) is 5.02 Å². The molecule has 0 aliphatic heterocycles. The molecule has 1 N–H and O–H groups in total. The van der Waals surface area contributed by atoms with Crippen LogP contribution in [0.4, 0.5) is 11.8 Å². The number of nitrogens with zero attached hydrogens (tertiary/aromatic N) is 4. The van der Waals surface area contributed by atoms with Crippen molar-refractivity contribution in [2.45, 2.75) is 18.8 Å². The molecule has 3 rings (SSSR count). The number of hydrogen-bond acceptors (Lipinski definition) is 5. The Morgan fingerprint density at radius 2 is 2.26 bits per heavy atom. The molecule has 1 fully saturated rings. The zero-order valence-corrected chi connectivity index (χ0v) is 11.5. The van der Waals surface area contributed by atoms with Gasteiger partial charge < -0.3 is 10.1 Å². The Kier molecular flexibility index (Phi) is 3.02. The van der Waals surface area contributed by atoms with Gasteiger partial charge in [-0.25, -0.2) is 4.98 Å².